The molecule has 0 bridgehead atoms. The lowest BCUT2D eigenvalue weighted by Crippen LogP contribution is -1.68. The van der Waals surface area contributed by atoms with Gasteiger partial charge in [-0.25, -0.2) is 0 Å². The van der Waals surface area contributed by atoms with E-state index >= 15 is 0 Å². The van der Waals surface area contributed by atoms with Gasteiger partial charge in [0, 0.05) is 6.92 Å². The average molecular weight is 231 g/mol. The summed E-state index contributed by atoms with van der Waals surface area (Å²) in [6.07, 6.45) is 0. The Morgan fingerprint density at radius 2 is 2.00 bits per heavy atom. The lowest BCUT2D eigenvalue weighted by Gasteiger charge is -1.61. The second-order valence-corrected chi connectivity index (χ2v) is 3.45. The van der Waals surface area contributed by atoms with Gasteiger partial charge in [-0.05, 0) is 15.9 Å². The highest BCUT2D eigenvalue weighted by Crippen LogP contribution is 2.13. The molecule has 56 valence electrons. The summed E-state index contributed by atoms with van der Waals surface area (Å²) in [5, 5.41) is 22.9. The standard InChI is InChI=1S/C3BrN3S.C2H3N/c4-3-7-6-2(1-5)8-3;1-2-3/h;1H3. The molecule has 1 rings (SSSR count). The fourth-order valence-electron chi connectivity index (χ4n) is 0.251. The molecule has 0 radical (unpaired) electrons. The van der Waals surface area contributed by atoms with Crippen molar-refractivity contribution in [3.8, 4) is 12.1 Å². The molecule has 0 atom stereocenters. The van der Waals surface area contributed by atoms with Gasteiger partial charge in [0.25, 0.3) is 0 Å². The fraction of sp³-hybridized carbons (Fsp3) is 0.200. The zero-order valence-corrected chi connectivity index (χ0v) is 7.98. The number of hydrogen-bond donors (Lipinski definition) is 0. The Morgan fingerprint density at radius 1 is 1.45 bits per heavy atom. The van der Waals surface area contributed by atoms with Crippen molar-refractivity contribution < 1.29 is 0 Å². The van der Waals surface area contributed by atoms with Gasteiger partial charge < -0.3 is 0 Å². The third kappa shape index (κ3) is 4.43. The van der Waals surface area contributed by atoms with E-state index in [0.29, 0.717) is 8.92 Å². The van der Waals surface area contributed by atoms with E-state index in [1.807, 2.05) is 6.07 Å². The van der Waals surface area contributed by atoms with Crippen LogP contribution in [0.25, 0.3) is 0 Å². The van der Waals surface area contributed by atoms with Crippen LogP contribution in [0.5, 0.6) is 0 Å². The number of rotatable bonds is 0. The number of aromatic nitrogens is 2. The largest absolute Gasteiger partial charge is 0.218 e. The van der Waals surface area contributed by atoms with Crippen LogP contribution >= 0.6 is 27.3 Å². The Labute approximate surface area is 76.2 Å². The fourth-order valence-corrected chi connectivity index (χ4v) is 1.16. The predicted molar refractivity (Wildman–Crippen MR) is 43.6 cm³/mol. The summed E-state index contributed by atoms with van der Waals surface area (Å²) in [6.45, 7) is 1.43. The Bertz CT molecular complexity index is 294. The molecule has 0 N–H and O–H groups in total. The minimum Gasteiger partial charge on any atom is -0.199 e. The van der Waals surface area contributed by atoms with Crippen LogP contribution in [0.1, 0.15) is 11.9 Å². The molecule has 6 heteroatoms. The summed E-state index contributed by atoms with van der Waals surface area (Å²) in [5.41, 5.74) is 0. The van der Waals surface area contributed by atoms with Crippen molar-refractivity contribution in [1.82, 2.24) is 10.2 Å². The number of halogens is 1. The van der Waals surface area contributed by atoms with E-state index < -0.39 is 0 Å². The van der Waals surface area contributed by atoms with E-state index in [2.05, 4.69) is 26.1 Å². The molecule has 0 amide bonds. The molecule has 0 spiro atoms. The van der Waals surface area contributed by atoms with Gasteiger partial charge in [0.15, 0.2) is 3.92 Å². The quantitative estimate of drug-likeness (QED) is 0.681. The first-order valence-corrected chi connectivity index (χ1v) is 4.05. The van der Waals surface area contributed by atoms with Crippen LogP contribution in [-0.2, 0) is 0 Å². The van der Waals surface area contributed by atoms with Gasteiger partial charge in [-0.2, -0.15) is 10.5 Å². The van der Waals surface area contributed by atoms with Crippen LogP contribution in [0, 0.1) is 22.7 Å². The lowest BCUT2D eigenvalue weighted by atomic mass is 10.8. The lowest BCUT2D eigenvalue weighted by molar-refractivity contribution is 1.05. The highest BCUT2D eigenvalue weighted by Gasteiger charge is 1.95. The van der Waals surface area contributed by atoms with E-state index in [1.165, 1.54) is 18.3 Å². The molecule has 4 nitrogen and oxygen atoms in total. The zero-order chi connectivity index (χ0) is 8.69. The van der Waals surface area contributed by atoms with Crippen molar-refractivity contribution in [3.05, 3.63) is 8.92 Å². The summed E-state index contributed by atoms with van der Waals surface area (Å²) in [5.74, 6) is 0. The third-order valence-electron chi connectivity index (χ3n) is 0.496. The van der Waals surface area contributed by atoms with E-state index in [0.717, 1.165) is 0 Å². The van der Waals surface area contributed by atoms with Crippen LogP contribution in [-0.4, -0.2) is 10.2 Å². The average Bonchev–Trinajstić information content (AvgIpc) is 2.37. The van der Waals surface area contributed by atoms with Crippen LogP contribution in [0.3, 0.4) is 0 Å². The third-order valence-corrected chi connectivity index (χ3v) is 1.76. The van der Waals surface area contributed by atoms with Crippen molar-refractivity contribution in [2.75, 3.05) is 0 Å². The Kier molecular flexibility index (Phi) is 5.26. The molecule has 1 aromatic rings. The van der Waals surface area contributed by atoms with E-state index in [1.54, 1.807) is 6.07 Å². The maximum Gasteiger partial charge on any atom is 0.218 e. The number of nitrogens with zero attached hydrogens (tertiary/aromatic N) is 4. The Hall–Kier alpha value is -0.980. The summed E-state index contributed by atoms with van der Waals surface area (Å²) >= 11 is 4.29. The molecule has 1 aromatic heterocycles. The zero-order valence-electron chi connectivity index (χ0n) is 5.58. The van der Waals surface area contributed by atoms with Gasteiger partial charge in [0.05, 0.1) is 6.07 Å². The molecule has 0 fully saturated rings. The van der Waals surface area contributed by atoms with Gasteiger partial charge in [-0.1, -0.05) is 11.3 Å². The van der Waals surface area contributed by atoms with Gasteiger partial charge in [-0.15, -0.1) is 10.2 Å². The Balaban J connectivity index is 0.000000292. The van der Waals surface area contributed by atoms with E-state index in [9.17, 15) is 0 Å². The summed E-state index contributed by atoms with van der Waals surface area (Å²) in [6, 6.07) is 3.61. The topological polar surface area (TPSA) is 73.4 Å². The first-order chi connectivity index (χ1) is 5.24. The molecule has 0 saturated heterocycles. The highest BCUT2D eigenvalue weighted by atomic mass is 79.9. The van der Waals surface area contributed by atoms with Gasteiger partial charge in [-0.3, -0.25) is 0 Å². The highest BCUT2D eigenvalue weighted by molar-refractivity contribution is 9.11. The van der Waals surface area contributed by atoms with Gasteiger partial charge in [0.2, 0.25) is 5.01 Å². The summed E-state index contributed by atoms with van der Waals surface area (Å²) in [4.78, 5) is 0. The van der Waals surface area contributed by atoms with Crippen LogP contribution in [0.15, 0.2) is 3.92 Å². The van der Waals surface area contributed by atoms with Crippen molar-refractivity contribution in [3.63, 3.8) is 0 Å². The molecule has 0 aliphatic carbocycles. The van der Waals surface area contributed by atoms with Crippen LogP contribution < -0.4 is 0 Å². The van der Waals surface area contributed by atoms with Crippen molar-refractivity contribution in [1.29, 1.82) is 10.5 Å². The number of hydrogen-bond acceptors (Lipinski definition) is 5. The van der Waals surface area contributed by atoms with Crippen LogP contribution in [0.2, 0.25) is 0 Å². The molecule has 11 heavy (non-hydrogen) atoms. The van der Waals surface area contributed by atoms with Crippen LogP contribution in [0.4, 0.5) is 0 Å². The summed E-state index contributed by atoms with van der Waals surface area (Å²) in [7, 11) is 0. The molecule has 0 aliphatic heterocycles. The van der Waals surface area contributed by atoms with Crippen molar-refractivity contribution >= 4 is 27.3 Å². The molecule has 0 saturated carbocycles. The molecule has 0 unspecified atom stereocenters. The monoisotopic (exact) mass is 230 g/mol. The molecule has 1 heterocycles. The second-order valence-electron chi connectivity index (χ2n) is 1.20. The maximum absolute atomic E-state index is 8.19. The minimum absolute atomic E-state index is 0.386. The maximum atomic E-state index is 8.19. The molecular weight excluding hydrogens is 228 g/mol. The molecule has 0 aromatic carbocycles. The normalized spacial score (nSPS) is 6.91. The van der Waals surface area contributed by atoms with Gasteiger partial charge >= 0.3 is 0 Å². The first-order valence-electron chi connectivity index (χ1n) is 2.44. The smallest absolute Gasteiger partial charge is 0.199 e. The number of nitriles is 2. The van der Waals surface area contributed by atoms with Crippen molar-refractivity contribution in [2.45, 2.75) is 6.92 Å². The molecule has 0 aliphatic rings. The Morgan fingerprint density at radius 3 is 2.18 bits per heavy atom. The predicted octanol–water partition coefficient (Wildman–Crippen LogP) is 1.70. The summed E-state index contributed by atoms with van der Waals surface area (Å²) < 4.78 is 0.647. The first kappa shape index (κ1) is 10.0. The van der Waals surface area contributed by atoms with Gasteiger partial charge in [0.1, 0.15) is 6.07 Å². The SMILES string of the molecule is CC#N.N#Cc1nnc(Br)s1. The van der Waals surface area contributed by atoms with Crippen molar-refractivity contribution in [2.24, 2.45) is 0 Å². The molecular formula is C5H3BrN4S. The van der Waals surface area contributed by atoms with E-state index in [4.69, 9.17) is 10.5 Å². The second kappa shape index (κ2) is 5.78. The van der Waals surface area contributed by atoms with E-state index in [-0.39, 0.29) is 0 Å². The minimum atomic E-state index is 0.386.